The van der Waals surface area contributed by atoms with Crippen molar-refractivity contribution < 1.29 is 4.42 Å². The van der Waals surface area contributed by atoms with Crippen LogP contribution in [0.5, 0.6) is 0 Å². The van der Waals surface area contributed by atoms with Gasteiger partial charge in [-0.15, -0.1) is 0 Å². The van der Waals surface area contributed by atoms with E-state index in [-0.39, 0.29) is 5.63 Å². The molecule has 0 spiro atoms. The third kappa shape index (κ3) is 1.28. The highest BCUT2D eigenvalue weighted by Gasteiger charge is 1.95. The summed E-state index contributed by atoms with van der Waals surface area (Å²) in [7, 11) is 0. The van der Waals surface area contributed by atoms with Gasteiger partial charge in [0.2, 0.25) is 0 Å². The molecule has 0 radical (unpaired) electrons. The summed E-state index contributed by atoms with van der Waals surface area (Å²) in [5, 5.41) is 0.920. The van der Waals surface area contributed by atoms with Crippen molar-refractivity contribution in [1.29, 1.82) is 0 Å². The van der Waals surface area contributed by atoms with E-state index in [4.69, 9.17) is 4.42 Å². The maximum Gasteiger partial charge on any atom is 0.336 e. The molecule has 0 N–H and O–H groups in total. The molecule has 2 nitrogen and oxygen atoms in total. The van der Waals surface area contributed by atoms with Gasteiger partial charge in [0.05, 0.1) is 0 Å². The first-order valence-corrected chi connectivity index (χ1v) is 4.24. The zero-order valence-corrected chi connectivity index (χ0v) is 7.67. The molecular weight excluding hydrogens is 220 g/mol. The van der Waals surface area contributed by atoms with E-state index in [0.29, 0.717) is 5.58 Å². The van der Waals surface area contributed by atoms with E-state index in [2.05, 4.69) is 15.9 Å². The summed E-state index contributed by atoms with van der Waals surface area (Å²) in [5.41, 5.74) is 0.301. The Kier molecular flexibility index (Phi) is 1.73. The fraction of sp³-hybridized carbons (Fsp3) is 0. The maximum atomic E-state index is 10.8. The Morgan fingerprint density at radius 2 is 2.00 bits per heavy atom. The van der Waals surface area contributed by atoms with Crippen molar-refractivity contribution in [3.8, 4) is 0 Å². The first kappa shape index (κ1) is 7.55. The van der Waals surface area contributed by atoms with Gasteiger partial charge in [0.15, 0.2) is 0 Å². The summed E-state index contributed by atoms with van der Waals surface area (Å²) in [5.74, 6) is 0. The Labute approximate surface area is 76.9 Å². The molecule has 0 aliphatic rings. The summed E-state index contributed by atoms with van der Waals surface area (Å²) >= 11 is 3.33. The molecule has 2 rings (SSSR count). The predicted octanol–water partition coefficient (Wildman–Crippen LogP) is 2.56. The molecule has 0 unspecified atom stereocenters. The van der Waals surface area contributed by atoms with E-state index in [0.717, 1.165) is 9.86 Å². The van der Waals surface area contributed by atoms with Crippen LogP contribution in [0.4, 0.5) is 0 Å². The van der Waals surface area contributed by atoms with Gasteiger partial charge < -0.3 is 4.42 Å². The Hall–Kier alpha value is -1.09. The summed E-state index contributed by atoms with van der Waals surface area (Å²) in [6.45, 7) is 0. The number of hydrogen-bond acceptors (Lipinski definition) is 2. The average molecular weight is 225 g/mol. The minimum Gasteiger partial charge on any atom is -0.423 e. The van der Waals surface area contributed by atoms with Crippen LogP contribution >= 0.6 is 15.9 Å². The largest absolute Gasteiger partial charge is 0.423 e. The fourth-order valence-corrected chi connectivity index (χ4v) is 1.42. The molecule has 0 bridgehead atoms. The van der Waals surface area contributed by atoms with Crippen LogP contribution in [0.2, 0.25) is 0 Å². The summed E-state index contributed by atoms with van der Waals surface area (Å²) < 4.78 is 5.92. The zero-order valence-electron chi connectivity index (χ0n) is 6.08. The van der Waals surface area contributed by atoms with E-state index >= 15 is 0 Å². The quantitative estimate of drug-likeness (QED) is 0.645. The van der Waals surface area contributed by atoms with E-state index in [9.17, 15) is 4.79 Å². The van der Waals surface area contributed by atoms with Crippen LogP contribution in [0.15, 0.2) is 44.0 Å². The second-order valence-electron chi connectivity index (χ2n) is 2.44. The maximum absolute atomic E-state index is 10.8. The standard InChI is InChI=1S/C9H5BrO2/c10-7-2-3-8-6(5-7)1-4-9(11)12-8/h1-5H. The van der Waals surface area contributed by atoms with Gasteiger partial charge in [-0.25, -0.2) is 4.79 Å². The number of fused-ring (bicyclic) bond motifs is 1. The third-order valence-corrected chi connectivity index (χ3v) is 2.07. The van der Waals surface area contributed by atoms with E-state index in [1.165, 1.54) is 6.07 Å². The Balaban J connectivity index is 2.87. The number of rotatable bonds is 0. The van der Waals surface area contributed by atoms with Crippen molar-refractivity contribution in [2.75, 3.05) is 0 Å². The molecule has 0 aliphatic carbocycles. The van der Waals surface area contributed by atoms with Crippen LogP contribution in [0.3, 0.4) is 0 Å². The molecule has 2 aromatic rings. The first-order chi connectivity index (χ1) is 5.75. The van der Waals surface area contributed by atoms with Crippen molar-refractivity contribution in [3.05, 3.63) is 45.2 Å². The van der Waals surface area contributed by atoms with Gasteiger partial charge in [0.1, 0.15) is 5.58 Å². The van der Waals surface area contributed by atoms with Gasteiger partial charge >= 0.3 is 5.63 Å². The van der Waals surface area contributed by atoms with Crippen LogP contribution in [-0.2, 0) is 0 Å². The van der Waals surface area contributed by atoms with Gasteiger partial charge in [-0.3, -0.25) is 0 Å². The molecule has 0 saturated heterocycles. The molecule has 1 aromatic heterocycles. The topological polar surface area (TPSA) is 30.2 Å². The van der Waals surface area contributed by atoms with Gasteiger partial charge in [-0.1, -0.05) is 15.9 Å². The van der Waals surface area contributed by atoms with Crippen LogP contribution in [0.25, 0.3) is 11.0 Å². The molecule has 0 atom stereocenters. The van der Waals surface area contributed by atoms with Crippen LogP contribution in [0, 0.1) is 0 Å². The fourth-order valence-electron chi connectivity index (χ4n) is 1.04. The average Bonchev–Trinajstić information content (AvgIpc) is 2.05. The SMILES string of the molecule is O=c1ccc2cc(Br)ccc2o1. The van der Waals surface area contributed by atoms with Crippen LogP contribution in [-0.4, -0.2) is 0 Å². The van der Waals surface area contributed by atoms with E-state index in [1.807, 2.05) is 12.1 Å². The van der Waals surface area contributed by atoms with Gasteiger partial charge in [0, 0.05) is 15.9 Å². The normalized spacial score (nSPS) is 10.4. The van der Waals surface area contributed by atoms with Crippen LogP contribution in [0.1, 0.15) is 0 Å². The lowest BCUT2D eigenvalue weighted by atomic mass is 10.2. The molecule has 1 aromatic carbocycles. The molecule has 12 heavy (non-hydrogen) atoms. The van der Waals surface area contributed by atoms with Crippen molar-refractivity contribution in [2.24, 2.45) is 0 Å². The third-order valence-electron chi connectivity index (χ3n) is 1.58. The highest BCUT2D eigenvalue weighted by atomic mass is 79.9. The highest BCUT2D eigenvalue weighted by molar-refractivity contribution is 9.10. The zero-order chi connectivity index (χ0) is 8.55. The second-order valence-corrected chi connectivity index (χ2v) is 3.35. The summed E-state index contributed by atoms with van der Waals surface area (Å²) in [6.07, 6.45) is 0. The lowest BCUT2D eigenvalue weighted by Gasteiger charge is -1.94. The molecule has 0 amide bonds. The Morgan fingerprint density at radius 1 is 1.17 bits per heavy atom. The molecule has 0 fully saturated rings. The first-order valence-electron chi connectivity index (χ1n) is 3.45. The lowest BCUT2D eigenvalue weighted by molar-refractivity contribution is 0.561. The molecule has 60 valence electrons. The second kappa shape index (κ2) is 2.75. The van der Waals surface area contributed by atoms with E-state index < -0.39 is 0 Å². The van der Waals surface area contributed by atoms with Gasteiger partial charge in [0.25, 0.3) is 0 Å². The Bertz CT molecular complexity index is 473. The summed E-state index contributed by atoms with van der Waals surface area (Å²) in [6, 6.07) is 8.66. The van der Waals surface area contributed by atoms with E-state index in [1.54, 1.807) is 12.1 Å². The highest BCUT2D eigenvalue weighted by Crippen LogP contribution is 2.17. The Morgan fingerprint density at radius 3 is 2.83 bits per heavy atom. The van der Waals surface area contributed by atoms with Crippen molar-refractivity contribution in [1.82, 2.24) is 0 Å². The smallest absolute Gasteiger partial charge is 0.336 e. The van der Waals surface area contributed by atoms with Crippen molar-refractivity contribution >= 4 is 26.9 Å². The minimum atomic E-state index is -0.315. The molecule has 0 saturated carbocycles. The molecule has 0 aliphatic heterocycles. The minimum absolute atomic E-state index is 0.315. The molecule has 3 heteroatoms. The molecular formula is C9H5BrO2. The van der Waals surface area contributed by atoms with Crippen LogP contribution < -0.4 is 5.63 Å². The number of hydrogen-bond donors (Lipinski definition) is 0. The monoisotopic (exact) mass is 224 g/mol. The van der Waals surface area contributed by atoms with Gasteiger partial charge in [-0.05, 0) is 24.3 Å². The van der Waals surface area contributed by atoms with Crippen molar-refractivity contribution in [2.45, 2.75) is 0 Å². The predicted molar refractivity (Wildman–Crippen MR) is 50.2 cm³/mol. The molecule has 1 heterocycles. The number of halogens is 1. The summed E-state index contributed by atoms with van der Waals surface area (Å²) in [4.78, 5) is 10.8. The van der Waals surface area contributed by atoms with Crippen molar-refractivity contribution in [3.63, 3.8) is 0 Å². The van der Waals surface area contributed by atoms with Gasteiger partial charge in [-0.2, -0.15) is 0 Å². The number of benzene rings is 1. The lowest BCUT2D eigenvalue weighted by Crippen LogP contribution is -1.93.